The van der Waals surface area contributed by atoms with Crippen molar-refractivity contribution < 1.29 is 13.2 Å². The number of ether oxygens (including phenoxy) is 1. The van der Waals surface area contributed by atoms with E-state index in [-0.39, 0.29) is 4.90 Å². The number of methoxy groups -OCH3 is 1. The second-order valence-electron chi connectivity index (χ2n) is 6.64. The maximum atomic E-state index is 12.6. The molecule has 140 valence electrons. The van der Waals surface area contributed by atoms with Crippen molar-refractivity contribution >= 4 is 33.4 Å². The van der Waals surface area contributed by atoms with Crippen LogP contribution in [-0.4, -0.2) is 57.6 Å². The Hall–Kier alpha value is -0.470. The van der Waals surface area contributed by atoms with E-state index in [1.165, 1.54) is 31.1 Å². The molecule has 0 aromatic heterocycles. The highest BCUT2D eigenvalue weighted by Crippen LogP contribution is 2.29. The second-order valence-corrected chi connectivity index (χ2v) is 9.97. The number of hydrogen-bond donors (Lipinski definition) is 1. The Labute approximate surface area is 159 Å². The van der Waals surface area contributed by atoms with Gasteiger partial charge in [0.15, 0.2) is 0 Å². The van der Waals surface area contributed by atoms with Gasteiger partial charge in [-0.1, -0.05) is 11.6 Å². The van der Waals surface area contributed by atoms with E-state index >= 15 is 0 Å². The molecule has 0 radical (unpaired) electrons. The fraction of sp³-hybridized carbons (Fsp3) is 0.647. The maximum Gasteiger partial charge on any atom is 0.244 e. The van der Waals surface area contributed by atoms with Crippen LogP contribution in [0.3, 0.4) is 0 Å². The molecule has 3 rings (SSSR count). The first-order valence-electron chi connectivity index (χ1n) is 8.64. The minimum atomic E-state index is -3.63. The third-order valence-electron chi connectivity index (χ3n) is 5.05. The summed E-state index contributed by atoms with van der Waals surface area (Å²) in [5, 5.41) is 0.379. The van der Waals surface area contributed by atoms with Crippen LogP contribution < -0.4 is 9.46 Å². The van der Waals surface area contributed by atoms with E-state index in [0.29, 0.717) is 23.2 Å². The summed E-state index contributed by atoms with van der Waals surface area (Å²) in [5.41, 5.74) is 0. The van der Waals surface area contributed by atoms with E-state index in [0.717, 1.165) is 32.0 Å². The van der Waals surface area contributed by atoms with Gasteiger partial charge in [-0.25, -0.2) is 13.1 Å². The number of hydrogen-bond acceptors (Lipinski definition) is 5. The summed E-state index contributed by atoms with van der Waals surface area (Å²) in [6, 6.07) is 5.35. The van der Waals surface area contributed by atoms with E-state index in [9.17, 15) is 8.42 Å². The van der Waals surface area contributed by atoms with Crippen molar-refractivity contribution in [3.05, 3.63) is 23.2 Å². The van der Waals surface area contributed by atoms with Crippen molar-refractivity contribution in [2.24, 2.45) is 5.92 Å². The predicted molar refractivity (Wildman–Crippen MR) is 103 cm³/mol. The summed E-state index contributed by atoms with van der Waals surface area (Å²) in [5.74, 6) is 3.20. The first kappa shape index (κ1) is 19.3. The molecule has 2 saturated heterocycles. The second kappa shape index (κ2) is 8.48. The molecule has 2 fully saturated rings. The van der Waals surface area contributed by atoms with Crippen molar-refractivity contribution in [3.63, 3.8) is 0 Å². The molecular formula is C17H25ClN2O3S2. The Morgan fingerprint density at radius 2 is 2.08 bits per heavy atom. The number of rotatable bonds is 6. The zero-order chi connectivity index (χ0) is 17.9. The Morgan fingerprint density at radius 3 is 2.72 bits per heavy atom. The lowest BCUT2D eigenvalue weighted by Gasteiger charge is -2.35. The predicted octanol–water partition coefficient (Wildman–Crippen LogP) is 2.84. The number of thioether (sulfide) groups is 1. The van der Waals surface area contributed by atoms with E-state index in [2.05, 4.69) is 9.62 Å². The number of nitrogens with zero attached hydrogens (tertiary/aromatic N) is 1. The normalized spacial score (nSPS) is 23.0. The van der Waals surface area contributed by atoms with Crippen LogP contribution in [0, 0.1) is 5.92 Å². The minimum absolute atomic E-state index is 0.0999. The zero-order valence-electron chi connectivity index (χ0n) is 14.4. The van der Waals surface area contributed by atoms with E-state index in [1.807, 2.05) is 11.8 Å². The molecule has 5 nitrogen and oxygen atoms in total. The zero-order valence-corrected chi connectivity index (χ0v) is 16.8. The van der Waals surface area contributed by atoms with Gasteiger partial charge in [0, 0.05) is 23.4 Å². The molecule has 1 atom stereocenters. The molecule has 0 aliphatic carbocycles. The molecule has 0 amide bonds. The Bertz CT molecular complexity index is 685. The number of likely N-dealkylation sites (tertiary alicyclic amines) is 1. The van der Waals surface area contributed by atoms with Crippen LogP contribution >= 0.6 is 23.4 Å². The molecule has 0 bridgehead atoms. The van der Waals surface area contributed by atoms with Gasteiger partial charge in [-0.2, -0.15) is 11.8 Å². The molecule has 2 aliphatic heterocycles. The number of halogens is 1. The van der Waals surface area contributed by atoms with Gasteiger partial charge in [-0.15, -0.1) is 0 Å². The van der Waals surface area contributed by atoms with Crippen LogP contribution in [0.25, 0.3) is 0 Å². The monoisotopic (exact) mass is 404 g/mol. The average molecular weight is 405 g/mol. The van der Waals surface area contributed by atoms with Crippen LogP contribution in [0.15, 0.2) is 23.1 Å². The van der Waals surface area contributed by atoms with Crippen LogP contribution in [-0.2, 0) is 10.0 Å². The molecule has 0 saturated carbocycles. The number of nitrogens with one attached hydrogen (secondary N) is 1. The fourth-order valence-electron chi connectivity index (χ4n) is 3.50. The van der Waals surface area contributed by atoms with Crippen molar-refractivity contribution in [1.29, 1.82) is 0 Å². The topological polar surface area (TPSA) is 58.6 Å². The Kier molecular flexibility index (Phi) is 6.55. The molecule has 1 aromatic carbocycles. The third-order valence-corrected chi connectivity index (χ3v) is 7.87. The van der Waals surface area contributed by atoms with Crippen LogP contribution in [0.1, 0.15) is 19.3 Å². The molecule has 1 N–H and O–H groups in total. The van der Waals surface area contributed by atoms with Crippen LogP contribution in [0.2, 0.25) is 5.02 Å². The molecule has 25 heavy (non-hydrogen) atoms. The summed E-state index contributed by atoms with van der Waals surface area (Å²) in [7, 11) is -2.17. The van der Waals surface area contributed by atoms with Crippen molar-refractivity contribution in [2.45, 2.75) is 30.2 Å². The smallest absolute Gasteiger partial charge is 0.244 e. The lowest BCUT2D eigenvalue weighted by molar-refractivity contribution is 0.145. The van der Waals surface area contributed by atoms with Gasteiger partial charge in [0.2, 0.25) is 10.0 Å². The average Bonchev–Trinajstić information content (AvgIpc) is 3.15. The molecule has 1 aromatic rings. The van der Waals surface area contributed by atoms with Gasteiger partial charge in [-0.05, 0) is 62.2 Å². The van der Waals surface area contributed by atoms with Crippen molar-refractivity contribution in [1.82, 2.24) is 9.62 Å². The van der Waals surface area contributed by atoms with Crippen LogP contribution in [0.4, 0.5) is 0 Å². The van der Waals surface area contributed by atoms with Crippen LogP contribution in [0.5, 0.6) is 5.75 Å². The highest BCUT2D eigenvalue weighted by atomic mass is 35.5. The van der Waals surface area contributed by atoms with Gasteiger partial charge < -0.3 is 4.74 Å². The minimum Gasteiger partial charge on any atom is -0.495 e. The van der Waals surface area contributed by atoms with Gasteiger partial charge >= 0.3 is 0 Å². The van der Waals surface area contributed by atoms with Crippen molar-refractivity contribution in [2.75, 3.05) is 38.2 Å². The number of sulfonamides is 1. The van der Waals surface area contributed by atoms with Gasteiger partial charge in [0.1, 0.15) is 10.6 Å². The molecule has 0 spiro atoms. The number of benzene rings is 1. The highest BCUT2D eigenvalue weighted by molar-refractivity contribution is 7.99. The largest absolute Gasteiger partial charge is 0.495 e. The summed E-state index contributed by atoms with van der Waals surface area (Å²) in [6.07, 6.45) is 3.36. The quantitative estimate of drug-likeness (QED) is 0.790. The Balaban J connectivity index is 1.55. The van der Waals surface area contributed by atoms with E-state index in [1.54, 1.807) is 12.1 Å². The van der Waals surface area contributed by atoms with Gasteiger partial charge in [0.25, 0.3) is 0 Å². The van der Waals surface area contributed by atoms with Crippen molar-refractivity contribution in [3.8, 4) is 5.75 Å². The number of piperidine rings is 1. The fourth-order valence-corrected chi connectivity index (χ4v) is 6.30. The molecular weight excluding hydrogens is 380 g/mol. The van der Waals surface area contributed by atoms with E-state index in [4.69, 9.17) is 16.3 Å². The van der Waals surface area contributed by atoms with Gasteiger partial charge in [0.05, 0.1) is 7.11 Å². The molecule has 8 heteroatoms. The third kappa shape index (κ3) is 4.83. The van der Waals surface area contributed by atoms with E-state index < -0.39 is 10.0 Å². The molecule has 1 unspecified atom stereocenters. The molecule has 2 heterocycles. The van der Waals surface area contributed by atoms with Gasteiger partial charge in [-0.3, -0.25) is 4.90 Å². The molecule has 2 aliphatic rings. The lowest BCUT2D eigenvalue weighted by Crippen LogP contribution is -2.43. The first-order chi connectivity index (χ1) is 12.0. The Morgan fingerprint density at radius 1 is 1.32 bits per heavy atom. The summed E-state index contributed by atoms with van der Waals surface area (Å²) >= 11 is 7.99. The summed E-state index contributed by atoms with van der Waals surface area (Å²) < 4.78 is 33.1. The SMILES string of the molecule is COc1ccc(Cl)cc1S(=O)(=O)NCC1CCN(C2CCSC2)CC1. The summed E-state index contributed by atoms with van der Waals surface area (Å²) in [6.45, 7) is 2.60. The maximum absolute atomic E-state index is 12.6. The first-order valence-corrected chi connectivity index (χ1v) is 11.7. The highest BCUT2D eigenvalue weighted by Gasteiger charge is 2.28. The summed E-state index contributed by atoms with van der Waals surface area (Å²) in [4.78, 5) is 2.67. The standard InChI is InChI=1S/C17H25ClN2O3S2/c1-23-16-3-2-14(18)10-17(16)25(21,22)19-11-13-4-7-20(8-5-13)15-6-9-24-12-15/h2-3,10,13,15,19H,4-9,11-12H2,1H3. The lowest BCUT2D eigenvalue weighted by atomic mass is 9.96.